The zero-order valence-corrected chi connectivity index (χ0v) is 24.6. The SMILES string of the molecule is CC(C)c1cc(C#N)cc2nc(-c3ccc(C(=O)NCC4CN(c5ccc(-c6cccc(C(F)(F)F)c6)cn5)C(=O)O4)cc3)oc12. The normalized spacial score (nSPS) is 14.8. The van der Waals surface area contributed by atoms with Gasteiger partial charge >= 0.3 is 12.3 Å². The number of ether oxygens (including phenoxy) is 1. The van der Waals surface area contributed by atoms with Crippen LogP contribution >= 0.6 is 0 Å². The maximum absolute atomic E-state index is 13.1. The van der Waals surface area contributed by atoms with Crippen molar-refractivity contribution in [3.63, 3.8) is 0 Å². The highest BCUT2D eigenvalue weighted by molar-refractivity contribution is 5.95. The molecule has 12 heteroatoms. The number of nitrogens with zero attached hydrogens (tertiary/aromatic N) is 4. The zero-order valence-electron chi connectivity index (χ0n) is 24.6. The summed E-state index contributed by atoms with van der Waals surface area (Å²) < 4.78 is 50.7. The number of pyridine rings is 1. The molecule has 1 fully saturated rings. The lowest BCUT2D eigenvalue weighted by Gasteiger charge is -2.13. The number of nitriles is 1. The minimum absolute atomic E-state index is 0.0511. The third-order valence-corrected chi connectivity index (χ3v) is 7.58. The van der Waals surface area contributed by atoms with E-state index < -0.39 is 23.9 Å². The minimum atomic E-state index is -4.47. The summed E-state index contributed by atoms with van der Waals surface area (Å²) in [6, 6.07) is 20.3. The van der Waals surface area contributed by atoms with E-state index in [4.69, 9.17) is 9.15 Å². The van der Waals surface area contributed by atoms with Gasteiger partial charge in [0.25, 0.3) is 5.91 Å². The van der Waals surface area contributed by atoms with Crippen LogP contribution in [0, 0.1) is 11.3 Å². The van der Waals surface area contributed by atoms with Crippen molar-refractivity contribution in [1.29, 1.82) is 5.26 Å². The van der Waals surface area contributed by atoms with Crippen LogP contribution in [0.1, 0.15) is 46.8 Å². The van der Waals surface area contributed by atoms with Gasteiger partial charge in [-0.25, -0.2) is 14.8 Å². The van der Waals surface area contributed by atoms with Gasteiger partial charge in [-0.05, 0) is 72.1 Å². The maximum Gasteiger partial charge on any atom is 0.416 e. The second-order valence-electron chi connectivity index (χ2n) is 11.1. The largest absolute Gasteiger partial charge is 0.442 e. The van der Waals surface area contributed by atoms with E-state index >= 15 is 0 Å². The number of alkyl halides is 3. The number of oxazole rings is 1. The van der Waals surface area contributed by atoms with Gasteiger partial charge in [-0.2, -0.15) is 18.4 Å². The molecule has 1 unspecified atom stereocenters. The average molecular weight is 626 g/mol. The third kappa shape index (κ3) is 6.12. The summed E-state index contributed by atoms with van der Waals surface area (Å²) in [6.45, 7) is 4.19. The molecule has 1 aliphatic heterocycles. The number of aromatic nitrogens is 2. The Bertz CT molecular complexity index is 1980. The van der Waals surface area contributed by atoms with Crippen molar-refractivity contribution in [2.75, 3.05) is 18.0 Å². The molecule has 0 radical (unpaired) electrons. The number of nitrogens with one attached hydrogen (secondary N) is 1. The molecule has 2 aromatic heterocycles. The van der Waals surface area contributed by atoms with E-state index in [0.29, 0.717) is 44.8 Å². The number of carbonyl (C=O) groups excluding carboxylic acids is 2. The Morgan fingerprint density at radius 2 is 1.83 bits per heavy atom. The molecule has 3 aromatic carbocycles. The van der Waals surface area contributed by atoms with Crippen LogP contribution in [-0.2, 0) is 10.9 Å². The fourth-order valence-corrected chi connectivity index (χ4v) is 5.15. The van der Waals surface area contributed by atoms with Crippen LogP contribution in [0.4, 0.5) is 23.8 Å². The molecular formula is C34H26F3N5O4. The molecule has 0 saturated carbocycles. The first-order chi connectivity index (χ1) is 22.0. The Labute approximate surface area is 261 Å². The number of halogens is 3. The van der Waals surface area contributed by atoms with E-state index in [1.54, 1.807) is 48.5 Å². The van der Waals surface area contributed by atoms with E-state index in [0.717, 1.165) is 17.7 Å². The van der Waals surface area contributed by atoms with Gasteiger partial charge in [-0.15, -0.1) is 0 Å². The number of cyclic esters (lactones) is 1. The molecule has 0 spiro atoms. The lowest BCUT2D eigenvalue weighted by Crippen LogP contribution is -2.34. The first-order valence-corrected chi connectivity index (χ1v) is 14.3. The predicted molar refractivity (Wildman–Crippen MR) is 163 cm³/mol. The smallest absolute Gasteiger partial charge is 0.416 e. The number of fused-ring (bicyclic) bond motifs is 1. The second kappa shape index (κ2) is 12.0. The summed E-state index contributed by atoms with van der Waals surface area (Å²) in [4.78, 5) is 35.5. The molecule has 1 saturated heterocycles. The Morgan fingerprint density at radius 3 is 2.50 bits per heavy atom. The van der Waals surface area contributed by atoms with Crippen molar-refractivity contribution in [2.45, 2.75) is 32.0 Å². The molecule has 3 heterocycles. The van der Waals surface area contributed by atoms with E-state index in [2.05, 4.69) is 21.4 Å². The van der Waals surface area contributed by atoms with E-state index in [-0.39, 0.29) is 30.7 Å². The van der Waals surface area contributed by atoms with Crippen molar-refractivity contribution >= 4 is 28.9 Å². The Morgan fingerprint density at radius 1 is 1.07 bits per heavy atom. The molecule has 1 aliphatic rings. The van der Waals surface area contributed by atoms with Crippen LogP contribution in [0.3, 0.4) is 0 Å². The molecule has 46 heavy (non-hydrogen) atoms. The van der Waals surface area contributed by atoms with Crippen LogP contribution in [0.5, 0.6) is 0 Å². The van der Waals surface area contributed by atoms with Crippen LogP contribution in [0.2, 0.25) is 0 Å². The van der Waals surface area contributed by atoms with E-state index in [1.165, 1.54) is 23.2 Å². The van der Waals surface area contributed by atoms with Crippen LogP contribution in [0.25, 0.3) is 33.7 Å². The number of hydrogen-bond donors (Lipinski definition) is 1. The van der Waals surface area contributed by atoms with Crippen molar-refractivity contribution in [3.05, 3.63) is 101 Å². The van der Waals surface area contributed by atoms with Crippen molar-refractivity contribution in [1.82, 2.24) is 15.3 Å². The second-order valence-corrected chi connectivity index (χ2v) is 11.1. The Balaban J connectivity index is 1.07. The third-order valence-electron chi connectivity index (χ3n) is 7.58. The summed E-state index contributed by atoms with van der Waals surface area (Å²) in [5.74, 6) is 0.397. The summed E-state index contributed by atoms with van der Waals surface area (Å²) >= 11 is 0. The summed E-state index contributed by atoms with van der Waals surface area (Å²) in [5, 5.41) is 12.1. The first-order valence-electron chi connectivity index (χ1n) is 14.3. The lowest BCUT2D eigenvalue weighted by molar-refractivity contribution is -0.137. The van der Waals surface area contributed by atoms with Gasteiger partial charge in [0.2, 0.25) is 5.89 Å². The van der Waals surface area contributed by atoms with Crippen molar-refractivity contribution < 1.29 is 31.9 Å². The minimum Gasteiger partial charge on any atom is -0.442 e. The summed E-state index contributed by atoms with van der Waals surface area (Å²) in [5.41, 5.74) is 3.67. The molecule has 5 aromatic rings. The van der Waals surface area contributed by atoms with Crippen LogP contribution in [-0.4, -0.2) is 41.2 Å². The van der Waals surface area contributed by atoms with Gasteiger partial charge in [-0.1, -0.05) is 26.0 Å². The standard InChI is InChI=1S/C34H26F3N5O4/c1-19(2)27-12-20(15-38)13-28-30(27)46-32(41-28)22-8-6-21(7-9-22)31(43)40-17-26-18-42(33(44)45-26)29-11-10-24(16-39-29)23-4-3-5-25(14-23)34(35,36)37/h3-14,16,19,26H,17-18H2,1-2H3,(H,40,43). The molecular weight excluding hydrogens is 599 g/mol. The van der Waals surface area contributed by atoms with E-state index in [9.17, 15) is 28.0 Å². The Kier molecular flexibility index (Phi) is 7.92. The zero-order chi connectivity index (χ0) is 32.6. The fourth-order valence-electron chi connectivity index (χ4n) is 5.15. The van der Waals surface area contributed by atoms with Gasteiger partial charge in [0.15, 0.2) is 5.58 Å². The molecule has 232 valence electrons. The Hall–Kier alpha value is -5.70. The predicted octanol–water partition coefficient (Wildman–Crippen LogP) is 7.33. The highest BCUT2D eigenvalue weighted by Gasteiger charge is 2.34. The quantitative estimate of drug-likeness (QED) is 0.201. The molecule has 1 N–H and O–H groups in total. The number of anilines is 1. The van der Waals surface area contributed by atoms with Crippen molar-refractivity contribution in [3.8, 4) is 28.7 Å². The van der Waals surface area contributed by atoms with Crippen molar-refractivity contribution in [2.24, 2.45) is 0 Å². The van der Waals surface area contributed by atoms with Gasteiger partial charge in [0.1, 0.15) is 17.4 Å². The van der Waals surface area contributed by atoms with Gasteiger partial charge in [-0.3, -0.25) is 9.69 Å². The highest BCUT2D eigenvalue weighted by atomic mass is 19.4. The molecule has 6 rings (SSSR count). The van der Waals surface area contributed by atoms with E-state index in [1.807, 2.05) is 13.8 Å². The number of hydrogen-bond acceptors (Lipinski definition) is 7. The van der Waals surface area contributed by atoms with Gasteiger partial charge in [0.05, 0.1) is 30.3 Å². The average Bonchev–Trinajstić information content (AvgIpc) is 3.66. The van der Waals surface area contributed by atoms with Crippen LogP contribution in [0.15, 0.2) is 83.4 Å². The number of rotatable bonds is 7. The molecule has 0 aliphatic carbocycles. The highest BCUT2D eigenvalue weighted by Crippen LogP contribution is 2.33. The lowest BCUT2D eigenvalue weighted by atomic mass is 10.00. The molecule has 0 bridgehead atoms. The molecule has 1 atom stereocenters. The fraction of sp³-hybridized carbons (Fsp3) is 0.206. The number of benzene rings is 3. The number of amides is 2. The molecule has 9 nitrogen and oxygen atoms in total. The maximum atomic E-state index is 13.1. The van der Waals surface area contributed by atoms with Crippen LogP contribution < -0.4 is 10.2 Å². The van der Waals surface area contributed by atoms with Gasteiger partial charge < -0.3 is 14.5 Å². The van der Waals surface area contributed by atoms with Gasteiger partial charge in [0, 0.05) is 28.5 Å². The topological polar surface area (TPSA) is 121 Å². The molecule has 2 amide bonds. The summed E-state index contributed by atoms with van der Waals surface area (Å²) in [6.07, 6.45) is -4.37. The monoisotopic (exact) mass is 625 g/mol. The summed E-state index contributed by atoms with van der Waals surface area (Å²) in [7, 11) is 0. The first kappa shape index (κ1) is 30.3. The number of carbonyl (C=O) groups is 2.